The number of benzene rings is 1. The summed E-state index contributed by atoms with van der Waals surface area (Å²) in [5.74, 6) is 0.771. The van der Waals surface area contributed by atoms with Crippen molar-refractivity contribution < 1.29 is 9.53 Å². The number of imidazole rings is 2. The smallest absolute Gasteiger partial charge is 0.251 e. The predicted molar refractivity (Wildman–Crippen MR) is 110 cm³/mol. The molecule has 148 valence electrons. The van der Waals surface area contributed by atoms with Crippen molar-refractivity contribution in [3.63, 3.8) is 0 Å². The number of fused-ring (bicyclic) bond motifs is 2. The molecule has 1 amide bonds. The molecule has 0 unspecified atom stereocenters. The monoisotopic (exact) mass is 390 g/mol. The molecule has 5 rings (SSSR count). The van der Waals surface area contributed by atoms with Crippen LogP contribution in [0.25, 0.3) is 16.7 Å². The van der Waals surface area contributed by atoms with E-state index in [0.717, 1.165) is 41.4 Å². The molecule has 3 aromatic heterocycles. The number of carbonyl (C=O) groups is 1. The number of aromatic nitrogens is 4. The van der Waals surface area contributed by atoms with Gasteiger partial charge in [0.25, 0.3) is 5.91 Å². The maximum absolute atomic E-state index is 12.7. The van der Waals surface area contributed by atoms with E-state index < -0.39 is 0 Å². The Labute approximate surface area is 167 Å². The normalized spacial score (nSPS) is 14.6. The van der Waals surface area contributed by atoms with Gasteiger partial charge in [-0.05, 0) is 30.3 Å². The SMILES string of the molecule is Cn1c(N2CCOCC2)nc2cc(C(=O)NCc3cn4ccccc4n3)ccc21. The first-order valence-electron chi connectivity index (χ1n) is 9.69. The van der Waals surface area contributed by atoms with Gasteiger partial charge >= 0.3 is 0 Å². The van der Waals surface area contributed by atoms with Crippen molar-refractivity contribution in [1.29, 1.82) is 0 Å². The second-order valence-electron chi connectivity index (χ2n) is 7.15. The summed E-state index contributed by atoms with van der Waals surface area (Å²) in [7, 11) is 2.00. The Balaban J connectivity index is 1.34. The largest absolute Gasteiger partial charge is 0.378 e. The predicted octanol–water partition coefficient (Wildman–Crippen LogP) is 1.99. The van der Waals surface area contributed by atoms with Crippen LogP contribution in [0.2, 0.25) is 0 Å². The molecule has 4 aromatic rings. The average molecular weight is 390 g/mol. The number of rotatable bonds is 4. The van der Waals surface area contributed by atoms with Crippen LogP contribution in [-0.4, -0.2) is 51.1 Å². The molecule has 8 heteroatoms. The highest BCUT2D eigenvalue weighted by Gasteiger charge is 2.18. The number of ether oxygens (including phenoxy) is 1. The molecule has 4 heterocycles. The van der Waals surface area contributed by atoms with E-state index in [2.05, 4.69) is 19.8 Å². The number of morpholine rings is 1. The van der Waals surface area contributed by atoms with E-state index in [1.54, 1.807) is 0 Å². The van der Waals surface area contributed by atoms with Crippen molar-refractivity contribution in [2.24, 2.45) is 7.05 Å². The number of nitrogens with one attached hydrogen (secondary N) is 1. The van der Waals surface area contributed by atoms with Crippen LogP contribution in [0.1, 0.15) is 16.1 Å². The number of nitrogens with zero attached hydrogens (tertiary/aromatic N) is 5. The van der Waals surface area contributed by atoms with E-state index in [4.69, 9.17) is 9.72 Å². The highest BCUT2D eigenvalue weighted by molar-refractivity contribution is 5.97. The van der Waals surface area contributed by atoms with Crippen molar-refractivity contribution in [2.45, 2.75) is 6.54 Å². The lowest BCUT2D eigenvalue weighted by atomic mass is 10.2. The number of carbonyl (C=O) groups excluding carboxylic acids is 1. The van der Waals surface area contributed by atoms with Crippen LogP contribution in [0.3, 0.4) is 0 Å². The van der Waals surface area contributed by atoms with Gasteiger partial charge in [-0.25, -0.2) is 9.97 Å². The third-order valence-corrected chi connectivity index (χ3v) is 5.26. The zero-order chi connectivity index (χ0) is 19.8. The molecule has 0 bridgehead atoms. The highest BCUT2D eigenvalue weighted by Crippen LogP contribution is 2.23. The summed E-state index contributed by atoms with van der Waals surface area (Å²) in [4.78, 5) is 24.2. The molecule has 0 aliphatic carbocycles. The van der Waals surface area contributed by atoms with E-state index >= 15 is 0 Å². The summed E-state index contributed by atoms with van der Waals surface area (Å²) in [6.07, 6.45) is 3.86. The molecular formula is C21H22N6O2. The molecule has 0 atom stereocenters. The van der Waals surface area contributed by atoms with E-state index in [-0.39, 0.29) is 5.91 Å². The Hall–Kier alpha value is -3.39. The number of hydrogen-bond acceptors (Lipinski definition) is 5. The Morgan fingerprint density at radius 1 is 1.17 bits per heavy atom. The third-order valence-electron chi connectivity index (χ3n) is 5.26. The van der Waals surface area contributed by atoms with Gasteiger partial charge in [0.05, 0.1) is 36.5 Å². The Morgan fingerprint density at radius 2 is 2.03 bits per heavy atom. The van der Waals surface area contributed by atoms with Crippen molar-refractivity contribution in [3.05, 3.63) is 60.0 Å². The second-order valence-corrected chi connectivity index (χ2v) is 7.15. The molecule has 1 N–H and O–H groups in total. The first-order valence-corrected chi connectivity index (χ1v) is 9.69. The summed E-state index contributed by atoms with van der Waals surface area (Å²) < 4.78 is 9.44. The number of hydrogen-bond donors (Lipinski definition) is 1. The average Bonchev–Trinajstić information content (AvgIpc) is 3.33. The summed E-state index contributed by atoms with van der Waals surface area (Å²) in [5, 5.41) is 2.95. The number of pyridine rings is 1. The lowest BCUT2D eigenvalue weighted by Crippen LogP contribution is -2.37. The molecule has 0 saturated carbocycles. The van der Waals surface area contributed by atoms with Gasteiger partial charge in [-0.1, -0.05) is 6.07 Å². The van der Waals surface area contributed by atoms with Crippen molar-refractivity contribution in [2.75, 3.05) is 31.2 Å². The van der Waals surface area contributed by atoms with Crippen molar-refractivity contribution in [1.82, 2.24) is 24.3 Å². The maximum atomic E-state index is 12.7. The summed E-state index contributed by atoms with van der Waals surface area (Å²) >= 11 is 0. The standard InChI is InChI=1S/C21H22N6O2/c1-25-18-6-5-15(12-17(18)24-21(25)26-8-10-29-11-9-26)20(28)22-13-16-14-27-7-3-2-4-19(27)23-16/h2-7,12,14H,8-11,13H2,1H3,(H,22,28). The molecule has 1 aromatic carbocycles. The zero-order valence-electron chi connectivity index (χ0n) is 16.2. The van der Waals surface area contributed by atoms with Crippen LogP contribution in [-0.2, 0) is 18.3 Å². The van der Waals surface area contributed by atoms with Crippen LogP contribution in [0.4, 0.5) is 5.95 Å². The molecule has 8 nitrogen and oxygen atoms in total. The van der Waals surface area contributed by atoms with Crippen LogP contribution < -0.4 is 10.2 Å². The fourth-order valence-corrected chi connectivity index (χ4v) is 3.72. The fourth-order valence-electron chi connectivity index (χ4n) is 3.72. The summed E-state index contributed by atoms with van der Waals surface area (Å²) in [6.45, 7) is 3.44. The van der Waals surface area contributed by atoms with Gasteiger partial charge in [0.15, 0.2) is 0 Å². The molecule has 1 aliphatic rings. The molecular weight excluding hydrogens is 368 g/mol. The van der Waals surface area contributed by atoms with Crippen LogP contribution in [0, 0.1) is 0 Å². The summed E-state index contributed by atoms with van der Waals surface area (Å²) in [6, 6.07) is 11.5. The topological polar surface area (TPSA) is 76.7 Å². The third kappa shape index (κ3) is 3.31. The zero-order valence-corrected chi connectivity index (χ0v) is 16.2. The Morgan fingerprint density at radius 3 is 2.86 bits per heavy atom. The van der Waals surface area contributed by atoms with Gasteiger partial charge in [0.2, 0.25) is 5.95 Å². The van der Waals surface area contributed by atoms with Crippen molar-refractivity contribution in [3.8, 4) is 0 Å². The number of anilines is 1. The molecule has 0 radical (unpaired) electrons. The first kappa shape index (κ1) is 17.7. The minimum absolute atomic E-state index is 0.137. The van der Waals surface area contributed by atoms with E-state index in [9.17, 15) is 4.79 Å². The quantitative estimate of drug-likeness (QED) is 0.577. The molecule has 1 aliphatic heterocycles. The Bertz CT molecular complexity index is 1160. The number of amides is 1. The lowest BCUT2D eigenvalue weighted by Gasteiger charge is -2.27. The van der Waals surface area contributed by atoms with Crippen molar-refractivity contribution >= 4 is 28.5 Å². The maximum Gasteiger partial charge on any atom is 0.251 e. The highest BCUT2D eigenvalue weighted by atomic mass is 16.5. The van der Waals surface area contributed by atoms with E-state index in [1.165, 1.54) is 0 Å². The fraction of sp³-hybridized carbons (Fsp3) is 0.286. The Kier molecular flexibility index (Phi) is 4.40. The minimum atomic E-state index is -0.137. The first-order chi connectivity index (χ1) is 14.2. The van der Waals surface area contributed by atoms with Crippen LogP contribution in [0.5, 0.6) is 0 Å². The van der Waals surface area contributed by atoms with Gasteiger partial charge in [0.1, 0.15) is 5.65 Å². The summed E-state index contributed by atoms with van der Waals surface area (Å²) in [5.41, 5.74) is 4.09. The molecule has 0 spiro atoms. The molecule has 1 saturated heterocycles. The van der Waals surface area contributed by atoms with Crippen LogP contribution in [0.15, 0.2) is 48.8 Å². The van der Waals surface area contributed by atoms with E-state index in [0.29, 0.717) is 25.3 Å². The second kappa shape index (κ2) is 7.21. The molecule has 29 heavy (non-hydrogen) atoms. The van der Waals surface area contributed by atoms with Gasteiger partial charge < -0.3 is 23.9 Å². The van der Waals surface area contributed by atoms with Gasteiger partial charge in [-0.15, -0.1) is 0 Å². The van der Waals surface area contributed by atoms with Gasteiger partial charge in [-0.3, -0.25) is 4.79 Å². The minimum Gasteiger partial charge on any atom is -0.378 e. The number of aryl methyl sites for hydroxylation is 1. The lowest BCUT2D eigenvalue weighted by molar-refractivity contribution is 0.0950. The van der Waals surface area contributed by atoms with Gasteiger partial charge in [0, 0.05) is 38.1 Å². The van der Waals surface area contributed by atoms with Gasteiger partial charge in [-0.2, -0.15) is 0 Å². The molecule has 1 fully saturated rings. The van der Waals surface area contributed by atoms with E-state index in [1.807, 2.05) is 60.2 Å². The van der Waals surface area contributed by atoms with Crippen LogP contribution >= 0.6 is 0 Å².